The minimum atomic E-state index is 0. The molecule has 1 aliphatic heterocycles. The summed E-state index contributed by atoms with van der Waals surface area (Å²) >= 11 is 0. The largest absolute Gasteiger partial charge is 0.316 e. The molecule has 2 aromatic rings. The lowest BCUT2D eigenvalue weighted by molar-refractivity contribution is 0.315. The molecule has 1 aliphatic rings. The van der Waals surface area contributed by atoms with Crippen LogP contribution in [-0.2, 0) is 6.54 Å². The molecular formula is C15H21ClN4. The summed E-state index contributed by atoms with van der Waals surface area (Å²) in [5.41, 5.74) is 2.38. The molecule has 0 radical (unpaired) electrons. The van der Waals surface area contributed by atoms with E-state index < -0.39 is 0 Å². The Bertz CT molecular complexity index is 526. The van der Waals surface area contributed by atoms with Crippen LogP contribution in [0.15, 0.2) is 42.6 Å². The van der Waals surface area contributed by atoms with Gasteiger partial charge in [0.25, 0.3) is 0 Å². The fraction of sp³-hybridized carbons (Fsp3) is 0.400. The van der Waals surface area contributed by atoms with E-state index in [1.165, 1.54) is 12.1 Å². The standard InChI is InChI=1S/C15H20N4.ClH/c1-16-13-8-10-18(11-13)12-15-7-9-17-19(15)14-5-3-2-4-6-14;/h2-7,9,13,16H,8,10-12H2,1H3;1H. The monoisotopic (exact) mass is 292 g/mol. The Morgan fingerprint density at radius 1 is 1.25 bits per heavy atom. The van der Waals surface area contributed by atoms with Gasteiger partial charge in [-0.1, -0.05) is 18.2 Å². The number of rotatable bonds is 4. The minimum Gasteiger partial charge on any atom is -0.316 e. The molecule has 1 N–H and O–H groups in total. The number of halogens is 1. The first-order valence-corrected chi connectivity index (χ1v) is 6.85. The van der Waals surface area contributed by atoms with Crippen LogP contribution >= 0.6 is 12.4 Å². The number of aromatic nitrogens is 2. The van der Waals surface area contributed by atoms with Crippen molar-refractivity contribution >= 4 is 12.4 Å². The SMILES string of the molecule is CNC1CCN(Cc2ccnn2-c2ccccc2)C1.Cl. The molecule has 0 amide bonds. The second kappa shape index (κ2) is 6.88. The zero-order valence-electron chi connectivity index (χ0n) is 11.7. The predicted octanol–water partition coefficient (Wildman–Crippen LogP) is 2.09. The van der Waals surface area contributed by atoms with Crippen LogP contribution < -0.4 is 5.32 Å². The van der Waals surface area contributed by atoms with Gasteiger partial charge in [0.15, 0.2) is 0 Å². The van der Waals surface area contributed by atoms with E-state index in [-0.39, 0.29) is 12.4 Å². The fourth-order valence-corrected chi connectivity index (χ4v) is 2.69. The molecule has 0 aliphatic carbocycles. The molecule has 2 heterocycles. The van der Waals surface area contributed by atoms with Crippen molar-refractivity contribution in [3.63, 3.8) is 0 Å². The lowest BCUT2D eigenvalue weighted by atomic mass is 10.3. The van der Waals surface area contributed by atoms with Crippen LogP contribution in [0.25, 0.3) is 5.69 Å². The molecule has 1 atom stereocenters. The molecule has 4 nitrogen and oxygen atoms in total. The molecule has 1 aromatic heterocycles. The van der Waals surface area contributed by atoms with Crippen LogP contribution in [0, 0.1) is 0 Å². The van der Waals surface area contributed by atoms with Crippen molar-refractivity contribution in [2.75, 3.05) is 20.1 Å². The third kappa shape index (κ3) is 3.20. The Balaban J connectivity index is 0.00000147. The number of likely N-dealkylation sites (tertiary alicyclic amines) is 1. The maximum absolute atomic E-state index is 4.44. The first kappa shape index (κ1) is 15.0. The Hall–Kier alpha value is -1.36. The van der Waals surface area contributed by atoms with E-state index in [0.29, 0.717) is 6.04 Å². The summed E-state index contributed by atoms with van der Waals surface area (Å²) < 4.78 is 2.03. The van der Waals surface area contributed by atoms with Gasteiger partial charge in [0, 0.05) is 31.9 Å². The number of likely N-dealkylation sites (N-methyl/N-ethyl adjacent to an activating group) is 1. The van der Waals surface area contributed by atoms with Crippen LogP contribution in [0.3, 0.4) is 0 Å². The fourth-order valence-electron chi connectivity index (χ4n) is 2.69. The molecule has 0 bridgehead atoms. The molecule has 3 rings (SSSR count). The van der Waals surface area contributed by atoms with Gasteiger partial charge in [-0.25, -0.2) is 4.68 Å². The molecule has 0 saturated carbocycles. The van der Waals surface area contributed by atoms with Crippen molar-refractivity contribution in [3.05, 3.63) is 48.3 Å². The maximum Gasteiger partial charge on any atom is 0.0649 e. The average molecular weight is 293 g/mol. The third-order valence-electron chi connectivity index (χ3n) is 3.79. The molecule has 108 valence electrons. The highest BCUT2D eigenvalue weighted by atomic mass is 35.5. The summed E-state index contributed by atoms with van der Waals surface area (Å²) in [6.45, 7) is 3.25. The van der Waals surface area contributed by atoms with Gasteiger partial charge in [0.1, 0.15) is 0 Å². The molecule has 1 unspecified atom stereocenters. The molecule has 5 heteroatoms. The van der Waals surface area contributed by atoms with E-state index >= 15 is 0 Å². The highest BCUT2D eigenvalue weighted by Crippen LogP contribution is 2.16. The molecule has 20 heavy (non-hydrogen) atoms. The third-order valence-corrected chi connectivity index (χ3v) is 3.79. The van der Waals surface area contributed by atoms with E-state index in [9.17, 15) is 0 Å². The van der Waals surface area contributed by atoms with Crippen molar-refractivity contribution < 1.29 is 0 Å². The van der Waals surface area contributed by atoms with Crippen molar-refractivity contribution in [1.82, 2.24) is 20.0 Å². The number of nitrogens with zero attached hydrogens (tertiary/aromatic N) is 3. The Morgan fingerprint density at radius 2 is 2.05 bits per heavy atom. The summed E-state index contributed by atoms with van der Waals surface area (Å²) in [5.74, 6) is 0. The van der Waals surface area contributed by atoms with Crippen LogP contribution in [0.5, 0.6) is 0 Å². The van der Waals surface area contributed by atoms with E-state index in [1.807, 2.05) is 36.1 Å². The van der Waals surface area contributed by atoms with Gasteiger partial charge in [0.05, 0.1) is 11.4 Å². The number of hydrogen-bond donors (Lipinski definition) is 1. The van der Waals surface area contributed by atoms with Gasteiger partial charge in [-0.3, -0.25) is 4.90 Å². The van der Waals surface area contributed by atoms with Gasteiger partial charge in [-0.05, 0) is 31.7 Å². The predicted molar refractivity (Wildman–Crippen MR) is 83.6 cm³/mol. The first-order chi connectivity index (χ1) is 9.36. The molecule has 1 saturated heterocycles. The number of para-hydroxylation sites is 1. The Morgan fingerprint density at radius 3 is 2.75 bits per heavy atom. The summed E-state index contributed by atoms with van der Waals surface area (Å²) in [6.07, 6.45) is 3.12. The Labute approximate surface area is 126 Å². The molecular weight excluding hydrogens is 272 g/mol. The smallest absolute Gasteiger partial charge is 0.0649 e. The van der Waals surface area contributed by atoms with Crippen LogP contribution in [0.2, 0.25) is 0 Å². The van der Waals surface area contributed by atoms with Crippen molar-refractivity contribution in [3.8, 4) is 5.69 Å². The number of hydrogen-bond acceptors (Lipinski definition) is 3. The second-order valence-corrected chi connectivity index (χ2v) is 5.08. The summed E-state index contributed by atoms with van der Waals surface area (Å²) in [6, 6.07) is 13.1. The van der Waals surface area contributed by atoms with Crippen molar-refractivity contribution in [2.24, 2.45) is 0 Å². The van der Waals surface area contributed by atoms with Crippen molar-refractivity contribution in [1.29, 1.82) is 0 Å². The first-order valence-electron chi connectivity index (χ1n) is 6.85. The highest BCUT2D eigenvalue weighted by molar-refractivity contribution is 5.85. The topological polar surface area (TPSA) is 33.1 Å². The van der Waals surface area contributed by atoms with Crippen LogP contribution in [-0.4, -0.2) is 40.9 Å². The van der Waals surface area contributed by atoms with Gasteiger partial charge >= 0.3 is 0 Å². The summed E-state index contributed by atoms with van der Waals surface area (Å²) in [7, 11) is 2.04. The number of benzene rings is 1. The van der Waals surface area contributed by atoms with Gasteiger partial charge < -0.3 is 5.32 Å². The van der Waals surface area contributed by atoms with E-state index in [4.69, 9.17) is 0 Å². The zero-order chi connectivity index (χ0) is 13.1. The van der Waals surface area contributed by atoms with Gasteiger partial charge in [-0.15, -0.1) is 12.4 Å². The molecule has 1 aromatic carbocycles. The van der Waals surface area contributed by atoms with Crippen LogP contribution in [0.1, 0.15) is 12.1 Å². The van der Waals surface area contributed by atoms with E-state index in [0.717, 1.165) is 25.3 Å². The van der Waals surface area contributed by atoms with Crippen molar-refractivity contribution in [2.45, 2.75) is 19.0 Å². The molecule has 0 spiro atoms. The summed E-state index contributed by atoms with van der Waals surface area (Å²) in [5, 5.41) is 7.80. The molecule has 1 fully saturated rings. The number of nitrogens with one attached hydrogen (secondary N) is 1. The second-order valence-electron chi connectivity index (χ2n) is 5.08. The maximum atomic E-state index is 4.44. The lowest BCUT2D eigenvalue weighted by Gasteiger charge is -2.16. The summed E-state index contributed by atoms with van der Waals surface area (Å²) in [4.78, 5) is 2.48. The highest BCUT2D eigenvalue weighted by Gasteiger charge is 2.21. The van der Waals surface area contributed by atoms with E-state index in [1.54, 1.807) is 0 Å². The quantitative estimate of drug-likeness (QED) is 0.937. The normalized spacial score (nSPS) is 18.9. The Kier molecular flexibility index (Phi) is 5.17. The van der Waals surface area contributed by atoms with Crippen LogP contribution in [0.4, 0.5) is 0 Å². The zero-order valence-corrected chi connectivity index (χ0v) is 12.5. The average Bonchev–Trinajstić information content (AvgIpc) is 3.09. The minimum absolute atomic E-state index is 0. The van der Waals surface area contributed by atoms with E-state index in [2.05, 4.69) is 33.5 Å². The van der Waals surface area contributed by atoms with Gasteiger partial charge in [-0.2, -0.15) is 5.10 Å². The van der Waals surface area contributed by atoms with Gasteiger partial charge in [0.2, 0.25) is 0 Å². The lowest BCUT2D eigenvalue weighted by Crippen LogP contribution is -2.29.